The SMILES string of the molecule is CCN(C(=O)C[NH+](C)CC(=O)Nc1ccc(F)cc1)C1=CCCCC1. The number of carbonyl (C=O) groups is 2. The van der Waals surface area contributed by atoms with Gasteiger partial charge in [0.15, 0.2) is 13.1 Å². The van der Waals surface area contributed by atoms with Crippen LogP contribution in [0.2, 0.25) is 0 Å². The molecule has 1 aliphatic rings. The molecule has 1 aliphatic carbocycles. The Morgan fingerprint density at radius 3 is 2.52 bits per heavy atom. The fourth-order valence-electron chi connectivity index (χ4n) is 3.03. The topological polar surface area (TPSA) is 53.9 Å². The standard InChI is InChI=1S/C19H26FN3O2/c1-3-23(17-7-5-4-6-8-17)19(25)14-22(2)13-18(24)21-16-11-9-15(20)10-12-16/h7,9-12H,3-6,8,13-14H2,1-2H3,(H,21,24)/p+1. The Hall–Kier alpha value is -2.21. The molecular weight excluding hydrogens is 321 g/mol. The molecule has 25 heavy (non-hydrogen) atoms. The van der Waals surface area contributed by atoms with E-state index < -0.39 is 0 Å². The zero-order valence-corrected chi connectivity index (χ0v) is 15.0. The lowest BCUT2D eigenvalue weighted by Crippen LogP contribution is -3.11. The molecule has 1 aromatic rings. The van der Waals surface area contributed by atoms with Crippen molar-refractivity contribution in [2.45, 2.75) is 32.6 Å². The first kappa shape index (κ1) is 19.1. The lowest BCUT2D eigenvalue weighted by Gasteiger charge is -2.27. The molecule has 0 fully saturated rings. The third-order valence-electron chi connectivity index (χ3n) is 4.27. The molecule has 0 saturated carbocycles. The van der Waals surface area contributed by atoms with E-state index in [2.05, 4.69) is 11.4 Å². The van der Waals surface area contributed by atoms with E-state index in [9.17, 15) is 14.0 Å². The van der Waals surface area contributed by atoms with E-state index in [1.54, 1.807) is 0 Å². The van der Waals surface area contributed by atoms with Crippen LogP contribution < -0.4 is 10.2 Å². The van der Waals surface area contributed by atoms with Gasteiger partial charge < -0.3 is 15.1 Å². The van der Waals surface area contributed by atoms with Crippen molar-refractivity contribution in [1.82, 2.24) is 4.90 Å². The van der Waals surface area contributed by atoms with Crippen LogP contribution in [0.4, 0.5) is 10.1 Å². The molecule has 136 valence electrons. The molecule has 1 aromatic carbocycles. The Kier molecular flexibility index (Phi) is 7.13. The van der Waals surface area contributed by atoms with E-state index >= 15 is 0 Å². The zero-order chi connectivity index (χ0) is 18.2. The summed E-state index contributed by atoms with van der Waals surface area (Å²) in [7, 11) is 1.82. The quantitative estimate of drug-likeness (QED) is 0.786. The Labute approximate surface area is 148 Å². The normalized spacial score (nSPS) is 15.2. The minimum atomic E-state index is -0.344. The largest absolute Gasteiger partial charge is 0.322 e. The van der Waals surface area contributed by atoms with Gasteiger partial charge in [0.2, 0.25) is 0 Å². The van der Waals surface area contributed by atoms with E-state index in [-0.39, 0.29) is 30.7 Å². The van der Waals surface area contributed by atoms with E-state index in [0.717, 1.165) is 29.9 Å². The predicted octanol–water partition coefficient (Wildman–Crippen LogP) is 1.59. The van der Waals surface area contributed by atoms with Crippen molar-refractivity contribution < 1.29 is 18.9 Å². The monoisotopic (exact) mass is 348 g/mol. The summed E-state index contributed by atoms with van der Waals surface area (Å²) in [5, 5.41) is 2.72. The van der Waals surface area contributed by atoms with Crippen LogP contribution in [0.25, 0.3) is 0 Å². The first-order valence-electron chi connectivity index (χ1n) is 8.85. The summed E-state index contributed by atoms with van der Waals surface area (Å²) in [6.07, 6.45) is 6.44. The number of nitrogens with one attached hydrogen (secondary N) is 2. The number of anilines is 1. The fourth-order valence-corrected chi connectivity index (χ4v) is 3.03. The van der Waals surface area contributed by atoms with Crippen molar-refractivity contribution in [3.63, 3.8) is 0 Å². The van der Waals surface area contributed by atoms with Gasteiger partial charge in [-0.05, 0) is 56.9 Å². The molecule has 0 bridgehead atoms. The molecule has 0 aliphatic heterocycles. The number of rotatable bonds is 7. The van der Waals surface area contributed by atoms with Crippen LogP contribution in [0.1, 0.15) is 32.6 Å². The molecule has 0 aromatic heterocycles. The lowest BCUT2D eigenvalue weighted by atomic mass is 10.0. The highest BCUT2D eigenvalue weighted by atomic mass is 19.1. The molecule has 0 saturated heterocycles. The highest BCUT2D eigenvalue weighted by Gasteiger charge is 2.22. The van der Waals surface area contributed by atoms with Crippen LogP contribution in [-0.2, 0) is 9.59 Å². The van der Waals surface area contributed by atoms with Crippen molar-refractivity contribution in [2.75, 3.05) is 32.0 Å². The van der Waals surface area contributed by atoms with E-state index in [4.69, 9.17) is 0 Å². The molecule has 2 rings (SSSR count). The molecule has 1 unspecified atom stereocenters. The number of likely N-dealkylation sites (N-methyl/N-ethyl adjacent to an activating group) is 2. The summed E-state index contributed by atoms with van der Waals surface area (Å²) in [6.45, 7) is 3.07. The van der Waals surface area contributed by atoms with Crippen LogP contribution in [0, 0.1) is 5.82 Å². The minimum Gasteiger partial charge on any atom is -0.322 e. The molecule has 5 nitrogen and oxygen atoms in total. The number of carbonyl (C=O) groups excluding carboxylic acids is 2. The molecule has 0 radical (unpaired) electrons. The Morgan fingerprint density at radius 1 is 1.20 bits per heavy atom. The van der Waals surface area contributed by atoms with Crippen molar-refractivity contribution in [3.05, 3.63) is 41.9 Å². The maximum Gasteiger partial charge on any atom is 0.281 e. The number of nitrogens with zero attached hydrogens (tertiary/aromatic N) is 1. The zero-order valence-electron chi connectivity index (χ0n) is 15.0. The Morgan fingerprint density at radius 2 is 1.92 bits per heavy atom. The number of benzene rings is 1. The van der Waals surface area contributed by atoms with Crippen molar-refractivity contribution >= 4 is 17.5 Å². The highest BCUT2D eigenvalue weighted by molar-refractivity contribution is 5.91. The second kappa shape index (κ2) is 9.32. The Balaban J connectivity index is 1.84. The molecule has 0 spiro atoms. The smallest absolute Gasteiger partial charge is 0.281 e. The second-order valence-electron chi connectivity index (χ2n) is 6.44. The number of amides is 2. The highest BCUT2D eigenvalue weighted by Crippen LogP contribution is 2.20. The lowest BCUT2D eigenvalue weighted by molar-refractivity contribution is -0.862. The molecule has 2 amide bonds. The number of allylic oxidation sites excluding steroid dienone is 2. The van der Waals surface area contributed by atoms with Gasteiger partial charge in [0.1, 0.15) is 5.82 Å². The van der Waals surface area contributed by atoms with Crippen molar-refractivity contribution in [2.24, 2.45) is 0 Å². The molecule has 2 N–H and O–H groups in total. The van der Waals surface area contributed by atoms with Gasteiger partial charge in [0.05, 0.1) is 7.05 Å². The summed E-state index contributed by atoms with van der Waals surface area (Å²) in [4.78, 5) is 27.3. The second-order valence-corrected chi connectivity index (χ2v) is 6.44. The molecule has 1 atom stereocenters. The van der Waals surface area contributed by atoms with Gasteiger partial charge in [-0.15, -0.1) is 0 Å². The third kappa shape index (κ3) is 5.98. The van der Waals surface area contributed by atoms with Crippen LogP contribution in [0.15, 0.2) is 36.0 Å². The van der Waals surface area contributed by atoms with Gasteiger partial charge in [-0.25, -0.2) is 4.39 Å². The average Bonchev–Trinajstić information content (AvgIpc) is 2.58. The first-order chi connectivity index (χ1) is 12.0. The third-order valence-corrected chi connectivity index (χ3v) is 4.27. The van der Waals surface area contributed by atoms with Crippen LogP contribution in [0.5, 0.6) is 0 Å². The van der Waals surface area contributed by atoms with Gasteiger partial charge in [-0.2, -0.15) is 0 Å². The summed E-state index contributed by atoms with van der Waals surface area (Å²) in [5.74, 6) is -0.498. The Bertz CT molecular complexity index is 628. The average molecular weight is 348 g/mol. The first-order valence-corrected chi connectivity index (χ1v) is 8.85. The number of quaternary nitrogens is 1. The number of hydrogen-bond donors (Lipinski definition) is 2. The summed E-state index contributed by atoms with van der Waals surface area (Å²) >= 11 is 0. The number of hydrogen-bond acceptors (Lipinski definition) is 2. The summed E-state index contributed by atoms with van der Waals surface area (Å²) in [6, 6.07) is 5.63. The summed E-state index contributed by atoms with van der Waals surface area (Å²) < 4.78 is 12.9. The molecule has 0 heterocycles. The van der Waals surface area contributed by atoms with Crippen molar-refractivity contribution in [1.29, 1.82) is 0 Å². The molecular formula is C19H27FN3O2+. The number of halogens is 1. The summed E-state index contributed by atoms with van der Waals surface area (Å²) in [5.41, 5.74) is 1.66. The van der Waals surface area contributed by atoms with Gasteiger partial charge in [-0.3, -0.25) is 9.59 Å². The van der Waals surface area contributed by atoms with Gasteiger partial charge in [0.25, 0.3) is 11.8 Å². The maximum absolute atomic E-state index is 12.9. The van der Waals surface area contributed by atoms with Crippen LogP contribution in [0.3, 0.4) is 0 Å². The van der Waals surface area contributed by atoms with Gasteiger partial charge in [0, 0.05) is 17.9 Å². The van der Waals surface area contributed by atoms with Gasteiger partial charge >= 0.3 is 0 Å². The predicted molar refractivity (Wildman–Crippen MR) is 95.6 cm³/mol. The fraction of sp³-hybridized carbons (Fsp3) is 0.474. The van der Waals surface area contributed by atoms with Crippen LogP contribution in [-0.4, -0.2) is 43.4 Å². The van der Waals surface area contributed by atoms with E-state index in [0.29, 0.717) is 12.2 Å². The van der Waals surface area contributed by atoms with E-state index in [1.807, 2.05) is 18.9 Å². The van der Waals surface area contributed by atoms with Gasteiger partial charge in [-0.1, -0.05) is 6.08 Å². The minimum absolute atomic E-state index is 0.0442. The van der Waals surface area contributed by atoms with Crippen LogP contribution >= 0.6 is 0 Å². The van der Waals surface area contributed by atoms with Crippen molar-refractivity contribution in [3.8, 4) is 0 Å². The molecule has 6 heteroatoms. The maximum atomic E-state index is 12.9. The van der Waals surface area contributed by atoms with E-state index in [1.165, 1.54) is 30.7 Å².